The van der Waals surface area contributed by atoms with Crippen LogP contribution in [0, 0.1) is 5.92 Å². The Morgan fingerprint density at radius 2 is 1.90 bits per heavy atom. The third kappa shape index (κ3) is 4.38. The van der Waals surface area contributed by atoms with Gasteiger partial charge in [-0.05, 0) is 45.2 Å². The van der Waals surface area contributed by atoms with E-state index >= 15 is 0 Å². The summed E-state index contributed by atoms with van der Waals surface area (Å²) in [5, 5.41) is 12.0. The van der Waals surface area contributed by atoms with Gasteiger partial charge in [0, 0.05) is 70.0 Å². The number of rotatable bonds is 6. The molecule has 8 nitrogen and oxygen atoms in total. The second kappa shape index (κ2) is 8.79. The van der Waals surface area contributed by atoms with Gasteiger partial charge in [-0.3, -0.25) is 14.2 Å². The molecule has 0 bridgehead atoms. The highest BCUT2D eigenvalue weighted by Gasteiger charge is 2.37. The minimum absolute atomic E-state index is 0.00237. The normalized spacial score (nSPS) is 25.2. The third-order valence-corrected chi connectivity index (χ3v) is 6.78. The van der Waals surface area contributed by atoms with Crippen molar-refractivity contribution < 1.29 is 4.79 Å². The van der Waals surface area contributed by atoms with Gasteiger partial charge in [-0.25, -0.2) is 0 Å². The van der Waals surface area contributed by atoms with Crippen molar-refractivity contribution in [2.24, 2.45) is 20.0 Å². The lowest BCUT2D eigenvalue weighted by Crippen LogP contribution is -2.49. The minimum Gasteiger partial charge on any atom is -0.364 e. The largest absolute Gasteiger partial charge is 0.364 e. The molecule has 0 spiro atoms. The molecule has 0 aromatic carbocycles. The lowest BCUT2D eigenvalue weighted by Gasteiger charge is -2.39. The van der Waals surface area contributed by atoms with Crippen LogP contribution >= 0.6 is 0 Å². The SMILES string of the molecule is CC(C)N1CCC(C(=O)NC[C@H]2CCCN2c2cnn(C)c2)C(c2cnn(C)c2)C1. The van der Waals surface area contributed by atoms with Crippen LogP contribution < -0.4 is 10.2 Å². The summed E-state index contributed by atoms with van der Waals surface area (Å²) in [5.74, 6) is 0.371. The molecule has 2 aliphatic rings. The van der Waals surface area contributed by atoms with E-state index in [4.69, 9.17) is 0 Å². The maximum absolute atomic E-state index is 13.3. The first kappa shape index (κ1) is 20.9. The highest BCUT2D eigenvalue weighted by atomic mass is 16.1. The summed E-state index contributed by atoms with van der Waals surface area (Å²) in [6, 6.07) is 0.824. The van der Waals surface area contributed by atoms with Crippen molar-refractivity contribution in [1.29, 1.82) is 0 Å². The topological polar surface area (TPSA) is 71.2 Å². The fourth-order valence-corrected chi connectivity index (χ4v) is 5.02. The standard InChI is InChI=1S/C22H35N7O/c1-16(2)28-9-7-20(21(15-28)17-10-24-26(3)13-17)22(30)23-11-18-6-5-8-29(18)19-12-25-27(4)14-19/h10,12-14,16,18,20-21H,5-9,11,15H2,1-4H3,(H,23,30)/t18-,20?,21?/m1/s1. The zero-order chi connectivity index (χ0) is 21.3. The van der Waals surface area contributed by atoms with Crippen LogP contribution in [0.25, 0.3) is 0 Å². The number of amides is 1. The molecule has 4 heterocycles. The van der Waals surface area contributed by atoms with E-state index < -0.39 is 0 Å². The predicted molar refractivity (Wildman–Crippen MR) is 117 cm³/mol. The van der Waals surface area contributed by atoms with Crippen LogP contribution in [0.3, 0.4) is 0 Å². The van der Waals surface area contributed by atoms with Gasteiger partial charge >= 0.3 is 0 Å². The Hall–Kier alpha value is -2.35. The number of aryl methyl sites for hydroxylation is 2. The number of hydrogen-bond donors (Lipinski definition) is 1. The fourth-order valence-electron chi connectivity index (χ4n) is 5.02. The maximum Gasteiger partial charge on any atom is 0.223 e. The van der Waals surface area contributed by atoms with E-state index in [1.807, 2.05) is 35.9 Å². The number of aromatic nitrogens is 4. The van der Waals surface area contributed by atoms with Gasteiger partial charge in [0.2, 0.25) is 5.91 Å². The molecular weight excluding hydrogens is 378 g/mol. The van der Waals surface area contributed by atoms with Gasteiger partial charge in [0.05, 0.1) is 18.1 Å². The van der Waals surface area contributed by atoms with Crippen molar-refractivity contribution in [2.45, 2.75) is 51.1 Å². The summed E-state index contributed by atoms with van der Waals surface area (Å²) in [5.41, 5.74) is 2.31. The lowest BCUT2D eigenvalue weighted by molar-refractivity contribution is -0.127. The van der Waals surface area contributed by atoms with E-state index in [1.54, 1.807) is 0 Å². The Bertz CT molecular complexity index is 857. The molecule has 8 heteroatoms. The van der Waals surface area contributed by atoms with E-state index in [9.17, 15) is 4.79 Å². The number of piperidine rings is 1. The van der Waals surface area contributed by atoms with Gasteiger partial charge in [-0.1, -0.05) is 0 Å². The summed E-state index contributed by atoms with van der Waals surface area (Å²) < 4.78 is 3.67. The van der Waals surface area contributed by atoms with Gasteiger partial charge in [0.1, 0.15) is 0 Å². The van der Waals surface area contributed by atoms with Gasteiger partial charge in [0.25, 0.3) is 0 Å². The fraction of sp³-hybridized carbons (Fsp3) is 0.682. The summed E-state index contributed by atoms with van der Waals surface area (Å²) in [6.45, 7) is 8.06. The Kier molecular flexibility index (Phi) is 6.13. The number of hydrogen-bond acceptors (Lipinski definition) is 5. The molecule has 1 N–H and O–H groups in total. The molecule has 0 radical (unpaired) electrons. The summed E-state index contributed by atoms with van der Waals surface area (Å²) in [6.07, 6.45) is 11.1. The highest BCUT2D eigenvalue weighted by molar-refractivity contribution is 5.80. The predicted octanol–water partition coefficient (Wildman–Crippen LogP) is 1.75. The van der Waals surface area contributed by atoms with Gasteiger partial charge in [0.15, 0.2) is 0 Å². The average Bonchev–Trinajstić information content (AvgIpc) is 3.46. The molecule has 2 aliphatic heterocycles. The van der Waals surface area contributed by atoms with Crippen molar-refractivity contribution in [2.75, 3.05) is 31.1 Å². The monoisotopic (exact) mass is 413 g/mol. The van der Waals surface area contributed by atoms with Crippen LogP contribution in [0.1, 0.15) is 44.6 Å². The minimum atomic E-state index is -0.00237. The van der Waals surface area contributed by atoms with Crippen molar-refractivity contribution in [3.63, 3.8) is 0 Å². The maximum atomic E-state index is 13.3. The van der Waals surface area contributed by atoms with Crippen LogP contribution in [-0.2, 0) is 18.9 Å². The van der Waals surface area contributed by atoms with Crippen LogP contribution in [0.4, 0.5) is 5.69 Å². The second-order valence-corrected chi connectivity index (χ2v) is 9.14. The zero-order valence-corrected chi connectivity index (χ0v) is 18.7. The van der Waals surface area contributed by atoms with E-state index in [2.05, 4.69) is 51.6 Å². The molecule has 30 heavy (non-hydrogen) atoms. The van der Waals surface area contributed by atoms with Crippen LogP contribution in [0.15, 0.2) is 24.8 Å². The van der Waals surface area contributed by atoms with Crippen molar-refractivity contribution >= 4 is 11.6 Å². The number of nitrogens with zero attached hydrogens (tertiary/aromatic N) is 6. The summed E-state index contributed by atoms with van der Waals surface area (Å²) in [7, 11) is 3.88. The van der Waals surface area contributed by atoms with Crippen LogP contribution in [-0.4, -0.2) is 68.6 Å². The molecule has 2 saturated heterocycles. The smallest absolute Gasteiger partial charge is 0.223 e. The number of carbonyl (C=O) groups is 1. The van der Waals surface area contributed by atoms with E-state index in [0.717, 1.165) is 44.6 Å². The van der Waals surface area contributed by atoms with Gasteiger partial charge in [-0.15, -0.1) is 0 Å². The van der Waals surface area contributed by atoms with Crippen LogP contribution in [0.5, 0.6) is 0 Å². The molecule has 0 saturated carbocycles. The molecule has 2 aromatic rings. The molecule has 164 valence electrons. The first-order valence-corrected chi connectivity index (χ1v) is 11.2. The van der Waals surface area contributed by atoms with Crippen molar-refractivity contribution in [3.05, 3.63) is 30.4 Å². The second-order valence-electron chi connectivity index (χ2n) is 9.14. The lowest BCUT2D eigenvalue weighted by atomic mass is 9.80. The number of carbonyl (C=O) groups excluding carboxylic acids is 1. The Labute approximate surface area is 179 Å². The summed E-state index contributed by atoms with van der Waals surface area (Å²) in [4.78, 5) is 18.1. The molecule has 1 amide bonds. The highest BCUT2D eigenvalue weighted by Crippen LogP contribution is 2.33. The molecule has 3 atom stereocenters. The van der Waals surface area contributed by atoms with E-state index in [1.165, 1.54) is 5.56 Å². The zero-order valence-electron chi connectivity index (χ0n) is 18.7. The first-order valence-electron chi connectivity index (χ1n) is 11.2. The summed E-state index contributed by atoms with van der Waals surface area (Å²) >= 11 is 0. The third-order valence-electron chi connectivity index (χ3n) is 6.78. The first-order chi connectivity index (χ1) is 14.4. The van der Waals surface area contributed by atoms with E-state index in [-0.39, 0.29) is 17.7 Å². The van der Waals surface area contributed by atoms with Crippen LogP contribution in [0.2, 0.25) is 0 Å². The Morgan fingerprint density at radius 1 is 1.13 bits per heavy atom. The molecule has 4 rings (SSSR count). The Morgan fingerprint density at radius 3 is 2.57 bits per heavy atom. The molecular formula is C22H35N7O. The molecule has 0 aliphatic carbocycles. The van der Waals surface area contributed by atoms with Gasteiger partial charge in [-0.2, -0.15) is 10.2 Å². The average molecular weight is 414 g/mol. The van der Waals surface area contributed by atoms with E-state index in [0.29, 0.717) is 18.6 Å². The number of nitrogens with one attached hydrogen (secondary N) is 1. The number of anilines is 1. The van der Waals surface area contributed by atoms with Gasteiger partial charge < -0.3 is 15.1 Å². The van der Waals surface area contributed by atoms with Crippen molar-refractivity contribution in [1.82, 2.24) is 29.8 Å². The van der Waals surface area contributed by atoms with Crippen molar-refractivity contribution in [3.8, 4) is 0 Å². The molecule has 2 unspecified atom stereocenters. The number of likely N-dealkylation sites (tertiary alicyclic amines) is 1. The Balaban J connectivity index is 1.42. The molecule has 2 fully saturated rings. The quantitative estimate of drug-likeness (QED) is 0.781. The molecule has 2 aromatic heterocycles.